The van der Waals surface area contributed by atoms with Crippen molar-refractivity contribution in [2.45, 2.75) is 6.42 Å². The van der Waals surface area contributed by atoms with E-state index in [1.807, 2.05) is 4.90 Å². The Kier molecular flexibility index (Phi) is 8.30. The monoisotopic (exact) mass is 366 g/mol. The van der Waals surface area contributed by atoms with Crippen molar-refractivity contribution in [3.63, 3.8) is 0 Å². The molecule has 1 aliphatic heterocycles. The maximum atomic E-state index is 13.0. The third-order valence-corrected chi connectivity index (χ3v) is 4.25. The molecule has 7 nitrogen and oxygen atoms in total. The van der Waals surface area contributed by atoms with Gasteiger partial charge in [-0.1, -0.05) is 0 Å². The number of carbonyl (C=O) groups excluding carboxylic acids is 2. The summed E-state index contributed by atoms with van der Waals surface area (Å²) >= 11 is 0. The molecule has 144 valence electrons. The molecule has 0 aromatic heterocycles. The SMILES string of the molecule is COCCNCC(=O)NCCC(=O)N1CCN(c2ccc(F)cc2)CC1. The van der Waals surface area contributed by atoms with E-state index in [1.165, 1.54) is 12.1 Å². The Morgan fingerprint density at radius 1 is 1.12 bits per heavy atom. The van der Waals surface area contributed by atoms with Gasteiger partial charge < -0.3 is 25.2 Å². The number of amides is 2. The van der Waals surface area contributed by atoms with Crippen LogP contribution in [-0.4, -0.2) is 76.2 Å². The fourth-order valence-electron chi connectivity index (χ4n) is 2.77. The number of nitrogens with one attached hydrogen (secondary N) is 2. The number of hydrogen-bond donors (Lipinski definition) is 2. The minimum absolute atomic E-state index is 0.0383. The molecule has 2 N–H and O–H groups in total. The normalized spacial score (nSPS) is 14.4. The first-order valence-corrected chi connectivity index (χ1v) is 8.85. The van der Waals surface area contributed by atoms with Crippen LogP contribution < -0.4 is 15.5 Å². The fraction of sp³-hybridized carbons (Fsp3) is 0.556. The predicted molar refractivity (Wildman–Crippen MR) is 97.6 cm³/mol. The molecule has 0 aliphatic carbocycles. The van der Waals surface area contributed by atoms with E-state index in [-0.39, 0.29) is 24.2 Å². The lowest BCUT2D eigenvalue weighted by molar-refractivity contribution is -0.131. The molecule has 1 fully saturated rings. The number of carbonyl (C=O) groups is 2. The summed E-state index contributed by atoms with van der Waals surface area (Å²) < 4.78 is 17.9. The van der Waals surface area contributed by atoms with E-state index in [1.54, 1.807) is 19.2 Å². The lowest BCUT2D eigenvalue weighted by Gasteiger charge is -2.36. The summed E-state index contributed by atoms with van der Waals surface area (Å²) in [4.78, 5) is 27.8. The molecule has 26 heavy (non-hydrogen) atoms. The zero-order valence-corrected chi connectivity index (χ0v) is 15.2. The van der Waals surface area contributed by atoms with E-state index in [0.717, 1.165) is 5.69 Å². The van der Waals surface area contributed by atoms with Crippen LogP contribution in [0.15, 0.2) is 24.3 Å². The average Bonchev–Trinajstić information content (AvgIpc) is 2.66. The number of methoxy groups -OCH3 is 1. The van der Waals surface area contributed by atoms with Crippen molar-refractivity contribution in [2.75, 3.05) is 64.4 Å². The predicted octanol–water partition coefficient (Wildman–Crippen LogP) is 0.217. The molecule has 0 saturated carbocycles. The largest absolute Gasteiger partial charge is 0.383 e. The van der Waals surface area contributed by atoms with Crippen LogP contribution in [0.4, 0.5) is 10.1 Å². The summed E-state index contributed by atoms with van der Waals surface area (Å²) in [6, 6.07) is 6.39. The summed E-state index contributed by atoms with van der Waals surface area (Å²) in [7, 11) is 1.60. The Morgan fingerprint density at radius 3 is 2.46 bits per heavy atom. The topological polar surface area (TPSA) is 73.9 Å². The van der Waals surface area contributed by atoms with Crippen molar-refractivity contribution in [2.24, 2.45) is 0 Å². The van der Waals surface area contributed by atoms with Gasteiger partial charge in [-0.15, -0.1) is 0 Å². The molecule has 1 aromatic rings. The smallest absolute Gasteiger partial charge is 0.233 e. The number of halogens is 1. The molecule has 0 radical (unpaired) electrons. The van der Waals surface area contributed by atoms with Crippen molar-refractivity contribution in [1.82, 2.24) is 15.5 Å². The fourth-order valence-corrected chi connectivity index (χ4v) is 2.77. The van der Waals surface area contributed by atoms with Crippen LogP contribution in [-0.2, 0) is 14.3 Å². The van der Waals surface area contributed by atoms with E-state index >= 15 is 0 Å². The van der Waals surface area contributed by atoms with E-state index in [2.05, 4.69) is 15.5 Å². The number of rotatable bonds is 9. The highest BCUT2D eigenvalue weighted by atomic mass is 19.1. The second-order valence-electron chi connectivity index (χ2n) is 6.11. The molecular weight excluding hydrogens is 339 g/mol. The highest BCUT2D eigenvalue weighted by molar-refractivity contribution is 5.80. The Balaban J connectivity index is 1.62. The maximum Gasteiger partial charge on any atom is 0.233 e. The maximum absolute atomic E-state index is 13.0. The van der Waals surface area contributed by atoms with E-state index in [4.69, 9.17) is 4.74 Å². The van der Waals surface area contributed by atoms with Crippen LogP contribution in [0, 0.1) is 5.82 Å². The quantitative estimate of drug-likeness (QED) is 0.612. The van der Waals surface area contributed by atoms with E-state index in [0.29, 0.717) is 52.3 Å². The zero-order valence-electron chi connectivity index (χ0n) is 15.2. The molecule has 1 aromatic carbocycles. The van der Waals surface area contributed by atoms with Crippen LogP contribution in [0.5, 0.6) is 0 Å². The number of hydrogen-bond acceptors (Lipinski definition) is 5. The number of nitrogens with zero attached hydrogens (tertiary/aromatic N) is 2. The lowest BCUT2D eigenvalue weighted by Crippen LogP contribution is -2.49. The van der Waals surface area contributed by atoms with Gasteiger partial charge in [-0.2, -0.15) is 0 Å². The third-order valence-electron chi connectivity index (χ3n) is 4.25. The molecule has 0 spiro atoms. The highest BCUT2D eigenvalue weighted by Crippen LogP contribution is 2.17. The summed E-state index contributed by atoms with van der Waals surface area (Å²) in [5.74, 6) is -0.343. The minimum Gasteiger partial charge on any atom is -0.383 e. The highest BCUT2D eigenvalue weighted by Gasteiger charge is 2.21. The van der Waals surface area contributed by atoms with Gasteiger partial charge in [-0.3, -0.25) is 9.59 Å². The Morgan fingerprint density at radius 2 is 1.81 bits per heavy atom. The third kappa shape index (κ3) is 6.61. The number of piperazine rings is 1. The van der Waals surface area contributed by atoms with Gasteiger partial charge in [-0.25, -0.2) is 4.39 Å². The van der Waals surface area contributed by atoms with Crippen LogP contribution in [0.25, 0.3) is 0 Å². The first-order chi connectivity index (χ1) is 12.6. The van der Waals surface area contributed by atoms with Gasteiger partial charge in [-0.05, 0) is 24.3 Å². The standard InChI is InChI=1S/C18H27FN4O3/c1-26-13-8-20-14-17(24)21-7-6-18(25)23-11-9-22(10-12-23)16-4-2-15(19)3-5-16/h2-5,20H,6-14H2,1H3,(H,21,24). The van der Waals surface area contributed by atoms with Crippen LogP contribution >= 0.6 is 0 Å². The molecule has 2 amide bonds. The molecule has 0 unspecified atom stereocenters. The first kappa shape index (κ1) is 20.1. The molecule has 1 saturated heterocycles. The van der Waals surface area contributed by atoms with Gasteiger partial charge in [0.25, 0.3) is 0 Å². The van der Waals surface area contributed by atoms with Gasteiger partial charge >= 0.3 is 0 Å². The summed E-state index contributed by atoms with van der Waals surface area (Å²) in [5, 5.41) is 5.68. The summed E-state index contributed by atoms with van der Waals surface area (Å²) in [6.45, 7) is 4.40. The van der Waals surface area contributed by atoms with Crippen molar-refractivity contribution in [1.29, 1.82) is 0 Å². The van der Waals surface area contributed by atoms with Gasteiger partial charge in [0.2, 0.25) is 11.8 Å². The Hall–Kier alpha value is -2.19. The number of benzene rings is 1. The van der Waals surface area contributed by atoms with Crippen molar-refractivity contribution < 1.29 is 18.7 Å². The minimum atomic E-state index is -0.251. The van der Waals surface area contributed by atoms with Crippen LogP contribution in [0.1, 0.15) is 6.42 Å². The number of anilines is 1. The van der Waals surface area contributed by atoms with E-state index < -0.39 is 0 Å². The lowest BCUT2D eigenvalue weighted by atomic mass is 10.2. The molecular formula is C18H27FN4O3. The summed E-state index contributed by atoms with van der Waals surface area (Å²) in [5.41, 5.74) is 0.965. The number of ether oxygens (including phenoxy) is 1. The second kappa shape index (κ2) is 10.7. The van der Waals surface area contributed by atoms with Gasteiger partial charge in [0.15, 0.2) is 0 Å². The van der Waals surface area contributed by atoms with Gasteiger partial charge in [0, 0.05) is 58.5 Å². The zero-order chi connectivity index (χ0) is 18.8. The molecule has 8 heteroatoms. The molecule has 0 bridgehead atoms. The Bertz CT molecular complexity index is 574. The van der Waals surface area contributed by atoms with Crippen LogP contribution in [0.2, 0.25) is 0 Å². The second-order valence-corrected chi connectivity index (χ2v) is 6.11. The van der Waals surface area contributed by atoms with Crippen molar-refractivity contribution in [3.8, 4) is 0 Å². The van der Waals surface area contributed by atoms with Gasteiger partial charge in [0.1, 0.15) is 5.82 Å². The van der Waals surface area contributed by atoms with Crippen LogP contribution in [0.3, 0.4) is 0 Å². The molecule has 1 aliphatic rings. The van der Waals surface area contributed by atoms with Crippen molar-refractivity contribution in [3.05, 3.63) is 30.1 Å². The molecule has 0 atom stereocenters. The molecule has 2 rings (SSSR count). The average molecular weight is 366 g/mol. The Labute approximate surface area is 153 Å². The van der Waals surface area contributed by atoms with E-state index in [9.17, 15) is 14.0 Å². The van der Waals surface area contributed by atoms with Crippen molar-refractivity contribution >= 4 is 17.5 Å². The first-order valence-electron chi connectivity index (χ1n) is 8.85. The van der Waals surface area contributed by atoms with Gasteiger partial charge in [0.05, 0.1) is 13.2 Å². The summed E-state index contributed by atoms with van der Waals surface area (Å²) in [6.07, 6.45) is 0.292. The molecule has 1 heterocycles.